The first kappa shape index (κ1) is 17.6. The monoisotopic (exact) mass is 332 g/mol. The maximum atomic E-state index is 13.1. The van der Waals surface area contributed by atoms with Crippen molar-refractivity contribution in [2.24, 2.45) is 0 Å². The molecule has 1 fully saturated rings. The quantitative estimate of drug-likeness (QED) is 0.815. The molecule has 128 valence electrons. The van der Waals surface area contributed by atoms with Crippen molar-refractivity contribution in [3.05, 3.63) is 35.9 Å². The third-order valence-corrected chi connectivity index (χ3v) is 3.40. The third-order valence-electron chi connectivity index (χ3n) is 3.40. The number of alkyl halides is 3. The molecule has 0 aliphatic carbocycles. The molecule has 0 bridgehead atoms. The Labute approximate surface area is 132 Å². The summed E-state index contributed by atoms with van der Waals surface area (Å²) in [6, 6.07) is 5.11. The second kappa shape index (κ2) is 8.16. The lowest BCUT2D eigenvalue weighted by atomic mass is 10.1. The number of urea groups is 1. The van der Waals surface area contributed by atoms with Crippen LogP contribution in [0, 0.1) is 0 Å². The molecule has 0 spiro atoms. The van der Waals surface area contributed by atoms with E-state index in [1.807, 2.05) is 10.8 Å². The summed E-state index contributed by atoms with van der Waals surface area (Å²) in [5.74, 6) is 0. The van der Waals surface area contributed by atoms with Crippen LogP contribution in [0.2, 0.25) is 0 Å². The van der Waals surface area contributed by atoms with Crippen molar-refractivity contribution in [3.8, 4) is 0 Å². The van der Waals surface area contributed by atoms with Gasteiger partial charge in [0, 0.05) is 19.4 Å². The Kier molecular flexibility index (Phi) is 6.23. The fourth-order valence-corrected chi connectivity index (χ4v) is 2.21. The van der Waals surface area contributed by atoms with Crippen molar-refractivity contribution in [1.82, 2.24) is 10.8 Å². The van der Waals surface area contributed by atoms with Gasteiger partial charge in [-0.25, -0.2) is 15.1 Å². The SMILES string of the molecule is O=C(NO[C@@H]1CCCCO1)N[C@@H](Cc1ccccc1)C(F)(F)F. The van der Waals surface area contributed by atoms with E-state index >= 15 is 0 Å². The molecule has 1 saturated heterocycles. The molecule has 2 amide bonds. The van der Waals surface area contributed by atoms with Gasteiger partial charge in [0.1, 0.15) is 6.04 Å². The van der Waals surface area contributed by atoms with E-state index in [0.29, 0.717) is 18.6 Å². The molecule has 2 rings (SSSR count). The lowest BCUT2D eigenvalue weighted by molar-refractivity contribution is -0.187. The first-order valence-corrected chi connectivity index (χ1v) is 7.39. The van der Waals surface area contributed by atoms with Gasteiger partial charge in [-0.2, -0.15) is 13.2 Å². The van der Waals surface area contributed by atoms with Crippen LogP contribution >= 0.6 is 0 Å². The molecule has 1 heterocycles. The summed E-state index contributed by atoms with van der Waals surface area (Å²) in [5.41, 5.74) is 2.44. The number of hydroxylamine groups is 1. The molecule has 2 N–H and O–H groups in total. The highest BCUT2D eigenvalue weighted by Gasteiger charge is 2.40. The summed E-state index contributed by atoms with van der Waals surface area (Å²) in [5, 5.41) is 1.89. The summed E-state index contributed by atoms with van der Waals surface area (Å²) < 4.78 is 44.4. The van der Waals surface area contributed by atoms with Crippen LogP contribution in [0.1, 0.15) is 24.8 Å². The number of benzene rings is 1. The minimum absolute atomic E-state index is 0.350. The van der Waals surface area contributed by atoms with E-state index in [-0.39, 0.29) is 6.42 Å². The molecule has 1 aromatic rings. The highest BCUT2D eigenvalue weighted by atomic mass is 19.4. The van der Waals surface area contributed by atoms with E-state index in [0.717, 1.165) is 12.8 Å². The van der Waals surface area contributed by atoms with E-state index in [4.69, 9.17) is 9.57 Å². The van der Waals surface area contributed by atoms with Crippen molar-refractivity contribution in [2.45, 2.75) is 44.2 Å². The van der Waals surface area contributed by atoms with Gasteiger partial charge < -0.3 is 10.1 Å². The largest absolute Gasteiger partial charge is 0.408 e. The Bertz CT molecular complexity index is 490. The van der Waals surface area contributed by atoms with Crippen LogP contribution in [-0.4, -0.2) is 31.1 Å². The minimum atomic E-state index is -4.56. The van der Waals surface area contributed by atoms with Gasteiger partial charge in [-0.1, -0.05) is 30.3 Å². The first-order valence-electron chi connectivity index (χ1n) is 7.39. The molecule has 1 aliphatic heterocycles. The molecule has 23 heavy (non-hydrogen) atoms. The van der Waals surface area contributed by atoms with Crippen LogP contribution in [0.25, 0.3) is 0 Å². The van der Waals surface area contributed by atoms with Crippen LogP contribution in [0.4, 0.5) is 18.0 Å². The highest BCUT2D eigenvalue weighted by Crippen LogP contribution is 2.23. The van der Waals surface area contributed by atoms with E-state index in [1.54, 1.807) is 30.3 Å². The van der Waals surface area contributed by atoms with Crippen molar-refractivity contribution in [2.75, 3.05) is 6.61 Å². The fourth-order valence-electron chi connectivity index (χ4n) is 2.21. The number of rotatable bonds is 5. The average molecular weight is 332 g/mol. The lowest BCUT2D eigenvalue weighted by Crippen LogP contribution is -2.51. The van der Waals surface area contributed by atoms with Crippen LogP contribution in [0.3, 0.4) is 0 Å². The molecule has 1 aliphatic rings. The number of nitrogens with one attached hydrogen (secondary N) is 2. The normalized spacial score (nSPS) is 19.9. The Hall–Kier alpha value is -1.80. The average Bonchev–Trinajstić information content (AvgIpc) is 2.53. The minimum Gasteiger partial charge on any atom is -0.350 e. The Morgan fingerprint density at radius 3 is 2.65 bits per heavy atom. The topological polar surface area (TPSA) is 59.6 Å². The van der Waals surface area contributed by atoms with Crippen molar-refractivity contribution < 1.29 is 27.5 Å². The molecule has 0 aromatic heterocycles. The summed E-state index contributed by atoms with van der Waals surface area (Å²) in [7, 11) is 0. The predicted molar refractivity (Wildman–Crippen MR) is 76.3 cm³/mol. The van der Waals surface area contributed by atoms with Gasteiger partial charge in [-0.15, -0.1) is 0 Å². The Balaban J connectivity index is 1.85. The van der Waals surface area contributed by atoms with Crippen molar-refractivity contribution in [3.63, 3.8) is 0 Å². The van der Waals surface area contributed by atoms with Gasteiger partial charge in [0.25, 0.3) is 0 Å². The van der Waals surface area contributed by atoms with Crippen LogP contribution in [0.15, 0.2) is 30.3 Å². The van der Waals surface area contributed by atoms with Crippen LogP contribution < -0.4 is 10.8 Å². The summed E-state index contributed by atoms with van der Waals surface area (Å²) in [6.07, 6.45) is -3.15. The second-order valence-electron chi connectivity index (χ2n) is 5.27. The van der Waals surface area contributed by atoms with Crippen molar-refractivity contribution in [1.29, 1.82) is 0 Å². The number of hydrogen-bond acceptors (Lipinski definition) is 3. The number of hydrogen-bond donors (Lipinski definition) is 2. The molecule has 8 heteroatoms. The fraction of sp³-hybridized carbons (Fsp3) is 0.533. The standard InChI is InChI=1S/C15H19F3N2O3/c16-15(17,18)12(10-11-6-2-1-3-7-11)19-14(21)20-23-13-8-4-5-9-22-13/h1-3,6-7,12-13H,4-5,8-10H2,(H2,19,20,21)/t12-,13+/m0/s1. The van der Waals surface area contributed by atoms with Gasteiger partial charge in [-0.05, 0) is 18.4 Å². The van der Waals surface area contributed by atoms with Crippen LogP contribution in [0.5, 0.6) is 0 Å². The molecular weight excluding hydrogens is 313 g/mol. The molecule has 5 nitrogen and oxygen atoms in total. The number of halogens is 3. The van der Waals surface area contributed by atoms with Gasteiger partial charge in [-0.3, -0.25) is 0 Å². The number of carbonyl (C=O) groups excluding carboxylic acids is 1. The third kappa shape index (κ3) is 6.07. The smallest absolute Gasteiger partial charge is 0.350 e. The molecule has 0 radical (unpaired) electrons. The zero-order valence-corrected chi connectivity index (χ0v) is 12.4. The zero-order chi connectivity index (χ0) is 16.7. The summed E-state index contributed by atoms with van der Waals surface area (Å²) in [4.78, 5) is 16.6. The highest BCUT2D eigenvalue weighted by molar-refractivity contribution is 5.73. The molecule has 0 saturated carbocycles. The van der Waals surface area contributed by atoms with Gasteiger partial charge >= 0.3 is 12.2 Å². The van der Waals surface area contributed by atoms with E-state index in [1.165, 1.54) is 0 Å². The zero-order valence-electron chi connectivity index (χ0n) is 12.4. The van der Waals surface area contributed by atoms with E-state index in [9.17, 15) is 18.0 Å². The van der Waals surface area contributed by atoms with Crippen LogP contribution in [-0.2, 0) is 16.0 Å². The maximum absolute atomic E-state index is 13.1. The maximum Gasteiger partial charge on any atom is 0.408 e. The van der Waals surface area contributed by atoms with Gasteiger partial charge in [0.15, 0.2) is 6.29 Å². The number of carbonyl (C=O) groups is 1. The number of amides is 2. The molecule has 1 aromatic carbocycles. The molecular formula is C15H19F3N2O3. The Morgan fingerprint density at radius 1 is 1.30 bits per heavy atom. The van der Waals surface area contributed by atoms with Gasteiger partial charge in [0.2, 0.25) is 0 Å². The molecule has 2 atom stereocenters. The lowest BCUT2D eigenvalue weighted by Gasteiger charge is -2.24. The van der Waals surface area contributed by atoms with Gasteiger partial charge in [0.05, 0.1) is 0 Å². The van der Waals surface area contributed by atoms with E-state index < -0.39 is 24.5 Å². The number of ether oxygens (including phenoxy) is 1. The van der Waals surface area contributed by atoms with Crippen molar-refractivity contribution >= 4 is 6.03 Å². The summed E-state index contributed by atoms with van der Waals surface area (Å²) >= 11 is 0. The van der Waals surface area contributed by atoms with E-state index in [2.05, 4.69) is 0 Å². The predicted octanol–water partition coefficient (Wildman–Crippen LogP) is 2.92. The second-order valence-corrected chi connectivity index (χ2v) is 5.27. The first-order chi connectivity index (χ1) is 10.9. The Morgan fingerprint density at radius 2 is 2.04 bits per heavy atom. The summed E-state index contributed by atoms with van der Waals surface area (Å²) in [6.45, 7) is 0.507. The molecule has 0 unspecified atom stereocenters.